The number of rotatable bonds is 7. The minimum absolute atomic E-state index is 0.00193. The van der Waals surface area contributed by atoms with Crippen LogP contribution in [0.3, 0.4) is 0 Å². The van der Waals surface area contributed by atoms with Gasteiger partial charge in [0.25, 0.3) is 0 Å². The third kappa shape index (κ3) is 3.05. The van der Waals surface area contributed by atoms with Gasteiger partial charge in [-0.1, -0.05) is 12.1 Å². The van der Waals surface area contributed by atoms with E-state index in [0.717, 1.165) is 0 Å². The zero-order chi connectivity index (χ0) is 14.5. The van der Waals surface area contributed by atoms with E-state index in [9.17, 15) is 9.90 Å². The Bertz CT molecular complexity index is 597. The maximum atomic E-state index is 11.0. The molecule has 0 aliphatic rings. The summed E-state index contributed by atoms with van der Waals surface area (Å²) in [7, 11) is 0. The number of fused-ring (bicyclic) bond motifs is 1. The van der Waals surface area contributed by atoms with Crippen molar-refractivity contribution in [2.24, 2.45) is 0 Å². The SMILES string of the molecule is O=C(O)c1n[nH]c2c(OCC(O)OCCO)cccc12. The van der Waals surface area contributed by atoms with Gasteiger partial charge >= 0.3 is 5.97 Å². The minimum atomic E-state index is -1.18. The molecule has 0 aliphatic carbocycles. The van der Waals surface area contributed by atoms with Crippen molar-refractivity contribution in [2.75, 3.05) is 19.8 Å². The molecule has 1 aromatic carbocycles. The molecule has 0 saturated heterocycles. The Morgan fingerprint density at radius 1 is 1.45 bits per heavy atom. The number of aromatic amines is 1. The third-order valence-corrected chi connectivity index (χ3v) is 2.55. The van der Waals surface area contributed by atoms with Gasteiger partial charge in [-0.25, -0.2) is 4.79 Å². The second kappa shape index (κ2) is 6.33. The van der Waals surface area contributed by atoms with Gasteiger partial charge in [0.15, 0.2) is 12.0 Å². The van der Waals surface area contributed by atoms with Gasteiger partial charge in [-0.05, 0) is 6.07 Å². The van der Waals surface area contributed by atoms with Crippen molar-refractivity contribution in [3.05, 3.63) is 23.9 Å². The first kappa shape index (κ1) is 14.3. The number of nitrogens with one attached hydrogen (secondary N) is 1. The smallest absolute Gasteiger partial charge is 0.357 e. The Labute approximate surface area is 113 Å². The van der Waals surface area contributed by atoms with E-state index in [-0.39, 0.29) is 25.5 Å². The highest BCUT2D eigenvalue weighted by molar-refractivity contribution is 6.02. The van der Waals surface area contributed by atoms with Crippen molar-refractivity contribution in [3.8, 4) is 5.75 Å². The Hall–Kier alpha value is -2.16. The lowest BCUT2D eigenvalue weighted by molar-refractivity contribution is -0.125. The molecule has 1 aromatic heterocycles. The summed E-state index contributed by atoms with van der Waals surface area (Å²) in [5.74, 6) is -0.783. The maximum Gasteiger partial charge on any atom is 0.357 e. The Morgan fingerprint density at radius 2 is 2.25 bits per heavy atom. The molecule has 20 heavy (non-hydrogen) atoms. The number of aliphatic hydroxyl groups is 2. The van der Waals surface area contributed by atoms with E-state index in [1.165, 1.54) is 0 Å². The Balaban J connectivity index is 2.13. The quantitative estimate of drug-likeness (QED) is 0.525. The number of benzene rings is 1. The number of carbonyl (C=O) groups is 1. The zero-order valence-corrected chi connectivity index (χ0v) is 10.4. The second-order valence-electron chi connectivity index (χ2n) is 3.92. The lowest BCUT2D eigenvalue weighted by Gasteiger charge is -2.12. The molecule has 0 aliphatic heterocycles. The van der Waals surface area contributed by atoms with Crippen LogP contribution in [0, 0.1) is 0 Å². The van der Waals surface area contributed by atoms with E-state index >= 15 is 0 Å². The van der Waals surface area contributed by atoms with Gasteiger partial charge in [0.05, 0.1) is 13.2 Å². The number of aromatic carboxylic acids is 1. The van der Waals surface area contributed by atoms with Crippen molar-refractivity contribution >= 4 is 16.9 Å². The van der Waals surface area contributed by atoms with Crippen LogP contribution in [0.25, 0.3) is 10.9 Å². The normalized spacial score (nSPS) is 12.5. The minimum Gasteiger partial charge on any atom is -0.486 e. The molecule has 1 atom stereocenters. The van der Waals surface area contributed by atoms with Crippen molar-refractivity contribution in [3.63, 3.8) is 0 Å². The number of carboxylic acids is 1. The van der Waals surface area contributed by atoms with E-state index in [0.29, 0.717) is 16.7 Å². The molecule has 1 unspecified atom stereocenters. The standard InChI is InChI=1S/C12H14N2O6/c15-4-5-19-9(16)6-20-8-3-1-2-7-10(8)13-14-11(7)12(17)18/h1-3,9,15-16H,4-6H2,(H,13,14)(H,17,18). The number of carboxylic acid groups (broad SMARTS) is 1. The van der Waals surface area contributed by atoms with E-state index in [4.69, 9.17) is 19.7 Å². The summed E-state index contributed by atoms with van der Waals surface area (Å²) in [5.41, 5.74) is 0.335. The van der Waals surface area contributed by atoms with Crippen LogP contribution in [-0.2, 0) is 4.74 Å². The molecule has 0 saturated carbocycles. The van der Waals surface area contributed by atoms with Gasteiger partial charge in [-0.3, -0.25) is 5.10 Å². The molecule has 2 aromatic rings. The third-order valence-electron chi connectivity index (χ3n) is 2.55. The van der Waals surface area contributed by atoms with Crippen LogP contribution in [0.5, 0.6) is 5.75 Å². The topological polar surface area (TPSA) is 125 Å². The van der Waals surface area contributed by atoms with Crippen LogP contribution in [-0.4, -0.2) is 57.6 Å². The summed E-state index contributed by atoms with van der Waals surface area (Å²) < 4.78 is 10.2. The fraction of sp³-hybridized carbons (Fsp3) is 0.333. The molecule has 0 amide bonds. The summed E-state index contributed by atoms with van der Waals surface area (Å²) in [5, 5.41) is 33.7. The van der Waals surface area contributed by atoms with Crippen molar-refractivity contribution < 1.29 is 29.6 Å². The maximum absolute atomic E-state index is 11.0. The zero-order valence-electron chi connectivity index (χ0n) is 10.4. The van der Waals surface area contributed by atoms with Crippen LogP contribution in [0.2, 0.25) is 0 Å². The highest BCUT2D eigenvalue weighted by atomic mass is 16.6. The van der Waals surface area contributed by atoms with E-state index in [1.54, 1.807) is 18.2 Å². The van der Waals surface area contributed by atoms with Gasteiger partial charge in [-0.15, -0.1) is 0 Å². The molecule has 8 nitrogen and oxygen atoms in total. The molecule has 2 rings (SSSR count). The fourth-order valence-electron chi connectivity index (χ4n) is 1.70. The van der Waals surface area contributed by atoms with Crippen molar-refractivity contribution in [2.45, 2.75) is 6.29 Å². The lowest BCUT2D eigenvalue weighted by atomic mass is 10.2. The number of ether oxygens (including phenoxy) is 2. The fourth-order valence-corrected chi connectivity index (χ4v) is 1.70. The van der Waals surface area contributed by atoms with E-state index in [2.05, 4.69) is 10.2 Å². The summed E-state index contributed by atoms with van der Waals surface area (Å²) in [6, 6.07) is 4.85. The average Bonchev–Trinajstić information content (AvgIpc) is 2.87. The van der Waals surface area contributed by atoms with Gasteiger partial charge in [0, 0.05) is 5.39 Å². The number of H-pyrrole nitrogens is 1. The van der Waals surface area contributed by atoms with Gasteiger partial charge in [0.2, 0.25) is 0 Å². The summed E-state index contributed by atoms with van der Waals surface area (Å²) in [4.78, 5) is 11.0. The van der Waals surface area contributed by atoms with Crippen LogP contribution in [0.15, 0.2) is 18.2 Å². The highest BCUT2D eigenvalue weighted by Crippen LogP contribution is 2.25. The Morgan fingerprint density at radius 3 is 2.95 bits per heavy atom. The molecule has 1 heterocycles. The molecule has 8 heteroatoms. The number of nitrogens with zero attached hydrogens (tertiary/aromatic N) is 1. The lowest BCUT2D eigenvalue weighted by Crippen LogP contribution is -2.22. The first-order valence-corrected chi connectivity index (χ1v) is 5.87. The van der Waals surface area contributed by atoms with Gasteiger partial charge in [-0.2, -0.15) is 5.10 Å². The van der Waals surface area contributed by atoms with E-state index in [1.807, 2.05) is 0 Å². The van der Waals surface area contributed by atoms with Gasteiger partial charge in [0.1, 0.15) is 17.9 Å². The largest absolute Gasteiger partial charge is 0.486 e. The summed E-state index contributed by atoms with van der Waals surface area (Å²) in [6.07, 6.45) is -1.18. The highest BCUT2D eigenvalue weighted by Gasteiger charge is 2.15. The average molecular weight is 282 g/mol. The predicted octanol–water partition coefficient (Wildman–Crippen LogP) is -0.0328. The first-order valence-electron chi connectivity index (χ1n) is 5.87. The molecule has 0 bridgehead atoms. The molecular weight excluding hydrogens is 268 g/mol. The summed E-state index contributed by atoms with van der Waals surface area (Å²) in [6.45, 7) is -0.350. The van der Waals surface area contributed by atoms with Crippen LogP contribution < -0.4 is 4.74 Å². The Kier molecular flexibility index (Phi) is 4.51. The van der Waals surface area contributed by atoms with Gasteiger partial charge < -0.3 is 24.8 Å². The molecule has 0 radical (unpaired) electrons. The number of aromatic nitrogens is 2. The van der Waals surface area contributed by atoms with Crippen LogP contribution >= 0.6 is 0 Å². The van der Waals surface area contributed by atoms with Crippen LogP contribution in [0.4, 0.5) is 0 Å². The monoisotopic (exact) mass is 282 g/mol. The first-order chi connectivity index (χ1) is 9.63. The predicted molar refractivity (Wildman–Crippen MR) is 67.6 cm³/mol. The van der Waals surface area contributed by atoms with Crippen molar-refractivity contribution in [1.82, 2.24) is 10.2 Å². The number of para-hydroxylation sites is 1. The van der Waals surface area contributed by atoms with Crippen LogP contribution in [0.1, 0.15) is 10.5 Å². The molecule has 4 N–H and O–H groups in total. The number of hydrogen-bond acceptors (Lipinski definition) is 6. The summed E-state index contributed by atoms with van der Waals surface area (Å²) >= 11 is 0. The van der Waals surface area contributed by atoms with E-state index < -0.39 is 12.3 Å². The molecular formula is C12H14N2O6. The number of hydrogen-bond donors (Lipinski definition) is 4. The molecule has 108 valence electrons. The molecule has 0 spiro atoms. The number of aliphatic hydroxyl groups excluding tert-OH is 2. The van der Waals surface area contributed by atoms with Crippen molar-refractivity contribution in [1.29, 1.82) is 0 Å². The molecule has 0 fully saturated rings. The second-order valence-corrected chi connectivity index (χ2v) is 3.92.